The molecule has 3 heterocycles. The average molecular weight is 212 g/mol. The molecule has 15 heavy (non-hydrogen) atoms. The zero-order valence-corrected chi connectivity index (χ0v) is 8.97. The number of hydrogen-bond acceptors (Lipinski definition) is 4. The average Bonchev–Trinajstić information content (AvgIpc) is 2.69. The molecular weight excluding hydrogens is 192 g/mol. The number of aliphatic hydroxyl groups excluding tert-OH is 2. The molecule has 3 rings (SSSR count). The molecule has 3 fully saturated rings. The van der Waals surface area contributed by atoms with Crippen LogP contribution in [0.3, 0.4) is 0 Å². The van der Waals surface area contributed by atoms with Crippen molar-refractivity contribution in [3.8, 4) is 0 Å². The van der Waals surface area contributed by atoms with Crippen molar-refractivity contribution in [3.05, 3.63) is 0 Å². The fraction of sp³-hybridized carbons (Fsp3) is 1.00. The van der Waals surface area contributed by atoms with Gasteiger partial charge in [0, 0.05) is 31.2 Å². The molecule has 4 heteroatoms. The lowest BCUT2D eigenvalue weighted by atomic mass is 9.96. The molecule has 2 bridgehead atoms. The van der Waals surface area contributed by atoms with Crippen molar-refractivity contribution < 1.29 is 10.2 Å². The van der Waals surface area contributed by atoms with E-state index < -0.39 is 0 Å². The van der Waals surface area contributed by atoms with Crippen molar-refractivity contribution in [2.24, 2.45) is 0 Å². The number of β-amino-alcohol motifs (C(OH)–C–C–N with tert-alkyl or cyclic N) is 1. The van der Waals surface area contributed by atoms with Crippen LogP contribution in [0.25, 0.3) is 0 Å². The molecular formula is C11H20N2O2. The molecule has 0 radical (unpaired) electrons. The second kappa shape index (κ2) is 3.70. The summed E-state index contributed by atoms with van der Waals surface area (Å²) in [5, 5.41) is 22.9. The standard InChI is InChI=1S/C11H20N2O2/c14-9-3-7-1-2-8(4-9)13(7)10-5-12-6-11(10)15/h7-12,14-15H,1-6H2/t7?,8?,9?,10-,11-/m1/s1. The first-order valence-electron chi connectivity index (χ1n) is 6.10. The van der Waals surface area contributed by atoms with E-state index in [2.05, 4.69) is 10.2 Å². The lowest BCUT2D eigenvalue weighted by molar-refractivity contribution is -0.0153. The van der Waals surface area contributed by atoms with Crippen LogP contribution in [0.2, 0.25) is 0 Å². The summed E-state index contributed by atoms with van der Waals surface area (Å²) < 4.78 is 0. The molecule has 3 saturated heterocycles. The zero-order chi connectivity index (χ0) is 10.4. The first kappa shape index (κ1) is 10.0. The lowest BCUT2D eigenvalue weighted by Gasteiger charge is -2.41. The van der Waals surface area contributed by atoms with E-state index in [9.17, 15) is 10.2 Å². The quantitative estimate of drug-likeness (QED) is 0.538. The minimum absolute atomic E-state index is 0.106. The van der Waals surface area contributed by atoms with Gasteiger partial charge in [0.25, 0.3) is 0 Å². The zero-order valence-electron chi connectivity index (χ0n) is 8.97. The SMILES string of the molecule is OC1CC2CCC(C1)N2[C@@H]1CNC[C@H]1O. The van der Waals surface area contributed by atoms with E-state index in [-0.39, 0.29) is 18.2 Å². The molecule has 4 nitrogen and oxygen atoms in total. The van der Waals surface area contributed by atoms with E-state index in [1.54, 1.807) is 0 Å². The number of nitrogens with one attached hydrogen (secondary N) is 1. The number of fused-ring (bicyclic) bond motifs is 2. The summed E-state index contributed by atoms with van der Waals surface area (Å²) in [5.74, 6) is 0. The van der Waals surface area contributed by atoms with Crippen molar-refractivity contribution in [3.63, 3.8) is 0 Å². The van der Waals surface area contributed by atoms with Gasteiger partial charge in [-0.2, -0.15) is 0 Å². The van der Waals surface area contributed by atoms with E-state index in [1.165, 1.54) is 12.8 Å². The van der Waals surface area contributed by atoms with Crippen LogP contribution >= 0.6 is 0 Å². The molecule has 0 aromatic rings. The Balaban J connectivity index is 1.76. The Morgan fingerprint density at radius 3 is 2.20 bits per heavy atom. The highest BCUT2D eigenvalue weighted by Crippen LogP contribution is 2.38. The van der Waals surface area contributed by atoms with Crippen LogP contribution < -0.4 is 5.32 Å². The van der Waals surface area contributed by atoms with E-state index in [1.807, 2.05) is 0 Å². The predicted molar refractivity (Wildman–Crippen MR) is 56.6 cm³/mol. The summed E-state index contributed by atoms with van der Waals surface area (Å²) in [6, 6.07) is 1.31. The normalized spacial score (nSPS) is 51.2. The molecule has 0 amide bonds. The molecule has 0 aliphatic carbocycles. The van der Waals surface area contributed by atoms with Crippen LogP contribution in [0.1, 0.15) is 25.7 Å². The van der Waals surface area contributed by atoms with Crippen LogP contribution in [-0.4, -0.2) is 58.5 Å². The highest BCUT2D eigenvalue weighted by atomic mass is 16.3. The Morgan fingerprint density at radius 1 is 1.00 bits per heavy atom. The smallest absolute Gasteiger partial charge is 0.0832 e. The van der Waals surface area contributed by atoms with Crippen molar-refractivity contribution in [1.29, 1.82) is 0 Å². The Bertz CT molecular complexity index is 235. The summed E-state index contributed by atoms with van der Waals surface area (Å²) in [4.78, 5) is 2.48. The molecule has 3 N–H and O–H groups in total. The van der Waals surface area contributed by atoms with E-state index in [0.29, 0.717) is 12.1 Å². The van der Waals surface area contributed by atoms with Gasteiger partial charge in [0.2, 0.25) is 0 Å². The van der Waals surface area contributed by atoms with Crippen LogP contribution in [0.5, 0.6) is 0 Å². The minimum Gasteiger partial charge on any atom is -0.393 e. The lowest BCUT2D eigenvalue weighted by Crippen LogP contribution is -2.54. The third-order valence-electron chi connectivity index (χ3n) is 4.30. The van der Waals surface area contributed by atoms with Crippen molar-refractivity contribution in [1.82, 2.24) is 10.2 Å². The third kappa shape index (κ3) is 1.60. The number of piperidine rings is 1. The molecule has 3 aliphatic heterocycles. The van der Waals surface area contributed by atoms with Crippen LogP contribution in [0, 0.1) is 0 Å². The van der Waals surface area contributed by atoms with Gasteiger partial charge in [-0.15, -0.1) is 0 Å². The van der Waals surface area contributed by atoms with Crippen LogP contribution in [0.4, 0.5) is 0 Å². The Labute approximate surface area is 90.3 Å². The predicted octanol–water partition coefficient (Wildman–Crippen LogP) is -0.693. The van der Waals surface area contributed by atoms with Gasteiger partial charge < -0.3 is 15.5 Å². The number of aliphatic hydroxyl groups is 2. The van der Waals surface area contributed by atoms with Gasteiger partial charge in [0.05, 0.1) is 12.2 Å². The second-order valence-corrected chi connectivity index (χ2v) is 5.25. The van der Waals surface area contributed by atoms with Crippen LogP contribution in [0.15, 0.2) is 0 Å². The maximum atomic E-state index is 9.90. The van der Waals surface area contributed by atoms with Crippen molar-refractivity contribution in [2.75, 3.05) is 13.1 Å². The maximum Gasteiger partial charge on any atom is 0.0832 e. The fourth-order valence-corrected chi connectivity index (χ4v) is 3.68. The molecule has 4 atom stereocenters. The van der Waals surface area contributed by atoms with Gasteiger partial charge in [-0.1, -0.05) is 0 Å². The Hall–Kier alpha value is -0.160. The summed E-state index contributed by atoms with van der Waals surface area (Å²) in [6.07, 6.45) is 3.88. The van der Waals surface area contributed by atoms with Crippen LogP contribution in [-0.2, 0) is 0 Å². The molecule has 3 aliphatic rings. The van der Waals surface area contributed by atoms with Crippen molar-refractivity contribution in [2.45, 2.75) is 56.0 Å². The van der Waals surface area contributed by atoms with E-state index in [4.69, 9.17) is 0 Å². The molecule has 2 unspecified atom stereocenters. The van der Waals surface area contributed by atoms with Gasteiger partial charge in [-0.05, 0) is 25.7 Å². The topological polar surface area (TPSA) is 55.7 Å². The summed E-state index contributed by atoms with van der Waals surface area (Å²) in [5.41, 5.74) is 0. The maximum absolute atomic E-state index is 9.90. The van der Waals surface area contributed by atoms with Crippen molar-refractivity contribution >= 4 is 0 Å². The molecule has 0 saturated carbocycles. The summed E-state index contributed by atoms with van der Waals surface area (Å²) >= 11 is 0. The Morgan fingerprint density at radius 2 is 1.67 bits per heavy atom. The van der Waals surface area contributed by atoms with Gasteiger partial charge in [0.1, 0.15) is 0 Å². The van der Waals surface area contributed by atoms with Gasteiger partial charge >= 0.3 is 0 Å². The summed E-state index contributed by atoms with van der Waals surface area (Å²) in [7, 11) is 0. The molecule has 0 aromatic carbocycles. The largest absolute Gasteiger partial charge is 0.393 e. The number of nitrogens with zero attached hydrogens (tertiary/aromatic N) is 1. The fourth-order valence-electron chi connectivity index (χ4n) is 3.68. The molecule has 0 spiro atoms. The highest BCUT2D eigenvalue weighted by Gasteiger charge is 2.46. The molecule has 0 aromatic heterocycles. The minimum atomic E-state index is -0.219. The van der Waals surface area contributed by atoms with E-state index >= 15 is 0 Å². The summed E-state index contributed by atoms with van der Waals surface area (Å²) in [6.45, 7) is 1.63. The monoisotopic (exact) mass is 212 g/mol. The van der Waals surface area contributed by atoms with Gasteiger partial charge in [-0.25, -0.2) is 0 Å². The molecule has 86 valence electrons. The van der Waals surface area contributed by atoms with E-state index in [0.717, 1.165) is 25.9 Å². The number of rotatable bonds is 1. The first-order valence-corrected chi connectivity index (χ1v) is 6.10. The third-order valence-corrected chi connectivity index (χ3v) is 4.30. The first-order chi connectivity index (χ1) is 7.25. The highest BCUT2D eigenvalue weighted by molar-refractivity contribution is 5.02. The second-order valence-electron chi connectivity index (χ2n) is 5.25. The number of hydrogen-bond donors (Lipinski definition) is 3. The Kier molecular flexibility index (Phi) is 2.47. The van der Waals surface area contributed by atoms with Gasteiger partial charge in [0.15, 0.2) is 0 Å². The van der Waals surface area contributed by atoms with Gasteiger partial charge in [-0.3, -0.25) is 4.90 Å².